The molecule has 0 aliphatic carbocycles. The van der Waals surface area contributed by atoms with E-state index in [-0.39, 0.29) is 18.5 Å². The molecule has 18 heavy (non-hydrogen) atoms. The molecule has 0 N–H and O–H groups in total. The van der Waals surface area contributed by atoms with Crippen LogP contribution < -0.4 is 4.52 Å². The lowest BCUT2D eigenvalue weighted by Crippen LogP contribution is -2.02. The van der Waals surface area contributed by atoms with E-state index in [9.17, 15) is 14.7 Å². The maximum atomic E-state index is 12.1. The molecule has 0 saturated heterocycles. The van der Waals surface area contributed by atoms with Gasteiger partial charge in [-0.3, -0.25) is 14.6 Å². The van der Waals surface area contributed by atoms with E-state index < -0.39 is 12.5 Å². The van der Waals surface area contributed by atoms with Crippen molar-refractivity contribution in [3.05, 3.63) is 34.4 Å². The van der Waals surface area contributed by atoms with E-state index in [0.717, 1.165) is 0 Å². The average Bonchev–Trinajstić information content (AvgIpc) is 2.37. The van der Waals surface area contributed by atoms with Gasteiger partial charge >= 0.3 is 7.60 Å². The number of non-ortho nitro benzene ring substituents is 1. The molecule has 0 radical (unpaired) electrons. The van der Waals surface area contributed by atoms with Crippen LogP contribution in [-0.2, 0) is 9.09 Å². The fourth-order valence-electron chi connectivity index (χ4n) is 1.15. The second-order valence-electron chi connectivity index (χ2n) is 3.29. The number of hydrogen-bond donors (Lipinski definition) is 0. The highest BCUT2D eigenvalue weighted by Gasteiger charge is 2.23. The molecule has 1 rings (SSSR count). The molecule has 8 heteroatoms. The van der Waals surface area contributed by atoms with Crippen molar-refractivity contribution in [1.29, 1.82) is 0 Å². The summed E-state index contributed by atoms with van der Waals surface area (Å²) in [6.07, 6.45) is 0.233. The van der Waals surface area contributed by atoms with Crippen LogP contribution >= 0.6 is 23.5 Å². The van der Waals surface area contributed by atoms with E-state index in [4.69, 9.17) is 9.05 Å². The monoisotopic (exact) mass is 337 g/mol. The van der Waals surface area contributed by atoms with Gasteiger partial charge in [0, 0.05) is 17.5 Å². The highest BCUT2D eigenvalue weighted by molar-refractivity contribution is 9.09. The zero-order chi connectivity index (χ0) is 13.6. The fourth-order valence-corrected chi connectivity index (χ4v) is 2.73. The van der Waals surface area contributed by atoms with E-state index in [1.165, 1.54) is 24.3 Å². The van der Waals surface area contributed by atoms with Gasteiger partial charge in [0.15, 0.2) is 0 Å². The van der Waals surface area contributed by atoms with Gasteiger partial charge in [-0.15, -0.1) is 0 Å². The van der Waals surface area contributed by atoms with Crippen molar-refractivity contribution >= 4 is 29.2 Å². The fraction of sp³-hybridized carbons (Fsp3) is 0.400. The number of halogens is 1. The summed E-state index contributed by atoms with van der Waals surface area (Å²) in [4.78, 5) is 9.97. The maximum absolute atomic E-state index is 12.1. The number of benzene rings is 1. The zero-order valence-corrected chi connectivity index (χ0v) is 12.2. The van der Waals surface area contributed by atoms with Crippen molar-refractivity contribution in [1.82, 2.24) is 0 Å². The Kier molecular flexibility index (Phi) is 5.78. The number of nitrogens with zero attached hydrogens (tertiary/aromatic N) is 1. The van der Waals surface area contributed by atoms with Crippen LogP contribution in [0.3, 0.4) is 0 Å². The molecule has 100 valence electrons. The average molecular weight is 338 g/mol. The first-order valence-corrected chi connectivity index (χ1v) is 8.09. The van der Waals surface area contributed by atoms with E-state index in [1.54, 1.807) is 6.92 Å². The summed E-state index contributed by atoms with van der Waals surface area (Å²) in [6, 6.07) is 5.38. The number of rotatable bonds is 7. The van der Waals surface area contributed by atoms with Gasteiger partial charge in [0.1, 0.15) is 5.75 Å². The third kappa shape index (κ3) is 4.40. The Labute approximate surface area is 113 Å². The number of nitro groups is 1. The minimum atomic E-state index is -3.18. The molecule has 0 aliphatic heterocycles. The Bertz CT molecular complexity index is 450. The van der Waals surface area contributed by atoms with E-state index in [2.05, 4.69) is 15.9 Å². The largest absolute Gasteiger partial charge is 0.424 e. The Hall–Kier alpha value is -0.910. The minimum Gasteiger partial charge on any atom is -0.424 e. The molecule has 0 unspecified atom stereocenters. The summed E-state index contributed by atoms with van der Waals surface area (Å²) >= 11 is 3.17. The number of hydrogen-bond acceptors (Lipinski definition) is 5. The van der Waals surface area contributed by atoms with Gasteiger partial charge in [0.25, 0.3) is 5.69 Å². The predicted octanol–water partition coefficient (Wildman–Crippen LogP) is 3.60. The second-order valence-corrected chi connectivity index (χ2v) is 6.38. The van der Waals surface area contributed by atoms with Gasteiger partial charge < -0.3 is 4.52 Å². The molecule has 0 heterocycles. The third-order valence-electron chi connectivity index (χ3n) is 2.04. The summed E-state index contributed by atoms with van der Waals surface area (Å²) in [5, 5.41) is 11.0. The zero-order valence-electron chi connectivity index (χ0n) is 9.74. The van der Waals surface area contributed by atoms with Gasteiger partial charge in [-0.05, 0) is 12.1 Å². The Morgan fingerprint density at radius 1 is 1.39 bits per heavy atom. The molecule has 0 amide bonds. The summed E-state index contributed by atoms with van der Waals surface area (Å²) in [5.41, 5.74) is -0.0462. The van der Waals surface area contributed by atoms with Gasteiger partial charge in [-0.25, -0.2) is 4.57 Å². The first kappa shape index (κ1) is 15.1. The summed E-state index contributed by atoms with van der Waals surface area (Å²) in [5.74, 6) is 0.292. The minimum absolute atomic E-state index is 0.0462. The highest BCUT2D eigenvalue weighted by atomic mass is 79.9. The Morgan fingerprint density at radius 2 is 2.00 bits per heavy atom. The third-order valence-corrected chi connectivity index (χ3v) is 4.21. The standard InChI is InChI=1S/C10H13BrNO5P/c1-2-18(15,16-8-7-11)17-10-5-3-9(4-6-10)12(13)14/h3-6H,2,7-8H2,1H3/t18-/m1/s1. The van der Waals surface area contributed by atoms with Gasteiger partial charge in [-0.2, -0.15) is 0 Å². The molecule has 0 aliphatic rings. The van der Waals surface area contributed by atoms with Crippen molar-refractivity contribution < 1.29 is 18.5 Å². The van der Waals surface area contributed by atoms with Gasteiger partial charge in [0.05, 0.1) is 17.7 Å². The molecular formula is C10H13BrNO5P. The molecule has 0 saturated carbocycles. The SMILES string of the molecule is CC[P@@](=O)(OCCBr)Oc1ccc([N+](=O)[O-])cc1. The molecule has 1 aromatic rings. The van der Waals surface area contributed by atoms with Crippen molar-refractivity contribution in [2.75, 3.05) is 18.1 Å². The summed E-state index contributed by atoms with van der Waals surface area (Å²) in [6.45, 7) is 1.97. The summed E-state index contributed by atoms with van der Waals surface area (Å²) in [7, 11) is -3.18. The van der Waals surface area contributed by atoms with Gasteiger partial charge in [-0.1, -0.05) is 22.9 Å². The quantitative estimate of drug-likeness (QED) is 0.328. The van der Waals surface area contributed by atoms with Crippen molar-refractivity contribution in [2.45, 2.75) is 6.92 Å². The molecule has 1 atom stereocenters. The van der Waals surface area contributed by atoms with Crippen LogP contribution in [-0.4, -0.2) is 23.0 Å². The Balaban J connectivity index is 2.76. The van der Waals surface area contributed by atoms with Crippen LogP contribution in [0.1, 0.15) is 6.92 Å². The van der Waals surface area contributed by atoms with Crippen LogP contribution in [0, 0.1) is 10.1 Å². The molecule has 0 bridgehead atoms. The van der Waals surface area contributed by atoms with Gasteiger partial charge in [0.2, 0.25) is 0 Å². The van der Waals surface area contributed by atoms with E-state index in [1.807, 2.05) is 0 Å². The topological polar surface area (TPSA) is 78.7 Å². The van der Waals surface area contributed by atoms with Crippen molar-refractivity contribution in [3.8, 4) is 5.75 Å². The van der Waals surface area contributed by atoms with Crippen LogP contribution in [0.2, 0.25) is 0 Å². The maximum Gasteiger partial charge on any atom is 0.378 e. The van der Waals surface area contributed by atoms with Crippen LogP contribution in [0.25, 0.3) is 0 Å². The molecule has 0 fully saturated rings. The molecule has 1 aromatic carbocycles. The lowest BCUT2D eigenvalue weighted by Gasteiger charge is -2.17. The molecular weight excluding hydrogens is 325 g/mol. The van der Waals surface area contributed by atoms with Crippen LogP contribution in [0.15, 0.2) is 24.3 Å². The highest BCUT2D eigenvalue weighted by Crippen LogP contribution is 2.47. The normalized spacial score (nSPS) is 13.9. The lowest BCUT2D eigenvalue weighted by atomic mass is 10.3. The molecule has 0 spiro atoms. The van der Waals surface area contributed by atoms with E-state index >= 15 is 0 Å². The molecule has 0 aromatic heterocycles. The second kappa shape index (κ2) is 6.87. The molecule has 6 nitrogen and oxygen atoms in total. The van der Waals surface area contributed by atoms with Crippen LogP contribution in [0.4, 0.5) is 5.69 Å². The first-order valence-electron chi connectivity index (χ1n) is 5.24. The van der Waals surface area contributed by atoms with E-state index in [0.29, 0.717) is 11.1 Å². The number of alkyl halides is 1. The smallest absolute Gasteiger partial charge is 0.378 e. The van der Waals surface area contributed by atoms with Crippen molar-refractivity contribution in [2.24, 2.45) is 0 Å². The van der Waals surface area contributed by atoms with Crippen molar-refractivity contribution in [3.63, 3.8) is 0 Å². The Morgan fingerprint density at radius 3 is 2.44 bits per heavy atom. The first-order chi connectivity index (χ1) is 8.50. The summed E-state index contributed by atoms with van der Waals surface area (Å²) < 4.78 is 22.6. The van der Waals surface area contributed by atoms with Crippen LogP contribution in [0.5, 0.6) is 5.75 Å². The lowest BCUT2D eigenvalue weighted by molar-refractivity contribution is -0.384. The predicted molar refractivity (Wildman–Crippen MR) is 71.6 cm³/mol. The number of nitro benzene ring substituents is 1.